The first-order valence-corrected chi connectivity index (χ1v) is 6.74. The maximum atomic E-state index is 11.9. The van der Waals surface area contributed by atoms with Crippen molar-refractivity contribution in [2.24, 2.45) is 0 Å². The van der Waals surface area contributed by atoms with Crippen molar-refractivity contribution < 1.29 is 18.0 Å². The Bertz CT molecular complexity index is 695. The minimum atomic E-state index is -3.75. The van der Waals surface area contributed by atoms with Gasteiger partial charge >= 0.3 is 0 Å². The number of phenolic OH excluding ortho intramolecular Hbond substituents is 1. The van der Waals surface area contributed by atoms with E-state index < -0.39 is 10.0 Å². The lowest BCUT2D eigenvalue weighted by Crippen LogP contribution is -2.23. The molecule has 0 aliphatic rings. The zero-order valence-electron chi connectivity index (χ0n) is 9.99. The van der Waals surface area contributed by atoms with Crippen molar-refractivity contribution in [2.75, 3.05) is 5.73 Å². The van der Waals surface area contributed by atoms with Crippen LogP contribution in [-0.4, -0.2) is 23.7 Å². The number of phenols is 1. The van der Waals surface area contributed by atoms with Crippen LogP contribution in [0.2, 0.25) is 0 Å². The lowest BCUT2D eigenvalue weighted by molar-refractivity contribution is 0.387. The van der Waals surface area contributed by atoms with E-state index in [0.29, 0.717) is 5.89 Å². The number of benzene rings is 1. The summed E-state index contributed by atoms with van der Waals surface area (Å²) >= 11 is 0. The number of nitrogen functional groups attached to an aromatic ring is 1. The summed E-state index contributed by atoms with van der Waals surface area (Å²) in [5.41, 5.74) is 5.43. The zero-order valence-corrected chi connectivity index (χ0v) is 10.8. The van der Waals surface area contributed by atoms with Gasteiger partial charge in [-0.15, -0.1) is 0 Å². The van der Waals surface area contributed by atoms with Crippen molar-refractivity contribution in [1.82, 2.24) is 14.9 Å². The van der Waals surface area contributed by atoms with E-state index in [0.717, 1.165) is 0 Å². The molecule has 0 unspecified atom stereocenters. The van der Waals surface area contributed by atoms with Crippen molar-refractivity contribution in [3.05, 3.63) is 29.9 Å². The summed E-state index contributed by atoms with van der Waals surface area (Å²) in [6, 6.07) is 3.62. The number of aryl methyl sites for hydroxylation is 1. The number of anilines is 1. The van der Waals surface area contributed by atoms with E-state index in [-0.39, 0.29) is 28.7 Å². The van der Waals surface area contributed by atoms with E-state index in [4.69, 9.17) is 10.3 Å². The van der Waals surface area contributed by atoms with E-state index in [1.54, 1.807) is 6.92 Å². The zero-order chi connectivity index (χ0) is 14.0. The third-order valence-corrected chi connectivity index (χ3v) is 3.70. The largest absolute Gasteiger partial charge is 0.506 e. The van der Waals surface area contributed by atoms with Gasteiger partial charge in [0.25, 0.3) is 0 Å². The maximum Gasteiger partial charge on any atom is 0.241 e. The molecule has 8 nitrogen and oxygen atoms in total. The summed E-state index contributed by atoms with van der Waals surface area (Å²) in [6.45, 7) is 1.51. The van der Waals surface area contributed by atoms with Gasteiger partial charge in [0.05, 0.1) is 17.1 Å². The fourth-order valence-corrected chi connectivity index (χ4v) is 2.37. The van der Waals surface area contributed by atoms with Gasteiger partial charge in [0.1, 0.15) is 5.75 Å². The van der Waals surface area contributed by atoms with Crippen LogP contribution >= 0.6 is 0 Å². The van der Waals surface area contributed by atoms with Gasteiger partial charge in [-0.1, -0.05) is 5.16 Å². The van der Waals surface area contributed by atoms with E-state index in [1.807, 2.05) is 0 Å². The first-order chi connectivity index (χ1) is 8.88. The lowest BCUT2D eigenvalue weighted by Gasteiger charge is -2.06. The topological polar surface area (TPSA) is 131 Å². The summed E-state index contributed by atoms with van der Waals surface area (Å²) in [4.78, 5) is 3.82. The van der Waals surface area contributed by atoms with E-state index in [1.165, 1.54) is 18.2 Å². The number of hydrogen-bond acceptors (Lipinski definition) is 7. The van der Waals surface area contributed by atoms with Crippen molar-refractivity contribution in [3.8, 4) is 5.75 Å². The number of sulfonamides is 1. The van der Waals surface area contributed by atoms with Crippen molar-refractivity contribution in [2.45, 2.75) is 18.4 Å². The highest BCUT2D eigenvalue weighted by Gasteiger charge is 2.16. The molecule has 0 saturated heterocycles. The van der Waals surface area contributed by atoms with Gasteiger partial charge in [0, 0.05) is 6.92 Å². The van der Waals surface area contributed by atoms with E-state index in [2.05, 4.69) is 14.9 Å². The molecule has 0 bridgehead atoms. The normalized spacial score (nSPS) is 11.6. The Morgan fingerprint density at radius 3 is 2.79 bits per heavy atom. The molecule has 19 heavy (non-hydrogen) atoms. The predicted octanol–water partition coefficient (Wildman–Crippen LogP) is 0.144. The quantitative estimate of drug-likeness (QED) is 0.537. The molecule has 0 aliphatic heterocycles. The van der Waals surface area contributed by atoms with Crippen LogP contribution < -0.4 is 10.5 Å². The Morgan fingerprint density at radius 1 is 1.47 bits per heavy atom. The Morgan fingerprint density at radius 2 is 2.21 bits per heavy atom. The summed E-state index contributed by atoms with van der Waals surface area (Å²) in [5, 5.41) is 12.8. The highest BCUT2D eigenvalue weighted by atomic mass is 32.2. The lowest BCUT2D eigenvalue weighted by atomic mass is 10.3. The van der Waals surface area contributed by atoms with Gasteiger partial charge in [0.15, 0.2) is 5.82 Å². The smallest absolute Gasteiger partial charge is 0.241 e. The molecule has 0 radical (unpaired) electrons. The van der Waals surface area contributed by atoms with E-state index in [9.17, 15) is 13.5 Å². The van der Waals surface area contributed by atoms with Crippen LogP contribution in [0.15, 0.2) is 27.6 Å². The second-order valence-corrected chi connectivity index (χ2v) is 5.54. The van der Waals surface area contributed by atoms with E-state index >= 15 is 0 Å². The minimum Gasteiger partial charge on any atom is -0.506 e. The Labute approximate surface area is 109 Å². The maximum absolute atomic E-state index is 11.9. The molecule has 2 aromatic rings. The van der Waals surface area contributed by atoms with Gasteiger partial charge in [-0.2, -0.15) is 4.98 Å². The fraction of sp³-hybridized carbons (Fsp3) is 0.200. The average molecular weight is 284 g/mol. The monoisotopic (exact) mass is 284 g/mol. The number of nitrogens with zero attached hydrogens (tertiary/aromatic N) is 2. The van der Waals surface area contributed by atoms with Crippen LogP contribution in [0.3, 0.4) is 0 Å². The molecule has 9 heteroatoms. The molecule has 2 rings (SSSR count). The minimum absolute atomic E-state index is 0.0155. The van der Waals surface area contributed by atoms with Crippen LogP contribution in [0.4, 0.5) is 5.69 Å². The van der Waals surface area contributed by atoms with Crippen molar-refractivity contribution in [3.63, 3.8) is 0 Å². The van der Waals surface area contributed by atoms with Gasteiger partial charge in [-0.25, -0.2) is 13.1 Å². The average Bonchev–Trinajstić information content (AvgIpc) is 2.76. The van der Waals surface area contributed by atoms with Gasteiger partial charge < -0.3 is 15.4 Å². The number of rotatable bonds is 4. The molecule has 0 spiro atoms. The number of hydrogen-bond donors (Lipinski definition) is 3. The Kier molecular flexibility index (Phi) is 3.40. The standard InChI is InChI=1S/C10H12N4O4S/c1-6-13-10(14-18-6)5-12-19(16,17)7-2-3-9(15)8(11)4-7/h2-4,12,15H,5,11H2,1H3. The molecular weight excluding hydrogens is 272 g/mol. The van der Waals surface area contributed by atoms with Crippen molar-refractivity contribution >= 4 is 15.7 Å². The molecule has 1 aromatic carbocycles. The molecule has 0 amide bonds. The van der Waals surface area contributed by atoms with Gasteiger partial charge in [-0.05, 0) is 18.2 Å². The number of nitrogens with two attached hydrogens (primary N) is 1. The van der Waals surface area contributed by atoms with Crippen molar-refractivity contribution in [1.29, 1.82) is 0 Å². The van der Waals surface area contributed by atoms with Crippen LogP contribution in [0.5, 0.6) is 5.75 Å². The highest BCUT2D eigenvalue weighted by molar-refractivity contribution is 7.89. The van der Waals surface area contributed by atoms with Crippen LogP contribution in [0.1, 0.15) is 11.7 Å². The highest BCUT2D eigenvalue weighted by Crippen LogP contribution is 2.22. The molecule has 0 fully saturated rings. The molecule has 0 saturated carbocycles. The van der Waals surface area contributed by atoms with Crippen LogP contribution in [0, 0.1) is 6.92 Å². The molecule has 0 aliphatic carbocycles. The molecule has 1 heterocycles. The molecule has 1 aromatic heterocycles. The van der Waals surface area contributed by atoms with Gasteiger partial charge in [0.2, 0.25) is 15.9 Å². The van der Waals surface area contributed by atoms with Crippen LogP contribution in [0.25, 0.3) is 0 Å². The third-order valence-electron chi connectivity index (χ3n) is 2.30. The summed E-state index contributed by atoms with van der Waals surface area (Å²) < 4.78 is 30.9. The number of aromatic nitrogens is 2. The summed E-state index contributed by atoms with van der Waals surface area (Å²) in [7, 11) is -3.75. The Hall–Kier alpha value is -2.13. The molecular formula is C10H12N4O4S. The third kappa shape index (κ3) is 3.01. The number of aromatic hydroxyl groups is 1. The van der Waals surface area contributed by atoms with Crippen LogP contribution in [-0.2, 0) is 16.6 Å². The van der Waals surface area contributed by atoms with Gasteiger partial charge in [-0.3, -0.25) is 0 Å². The fourth-order valence-electron chi connectivity index (χ4n) is 1.36. The Balaban J connectivity index is 2.16. The first kappa shape index (κ1) is 13.3. The number of nitrogens with one attached hydrogen (secondary N) is 1. The molecule has 4 N–H and O–H groups in total. The molecule has 0 atom stereocenters. The molecule has 102 valence electrons. The SMILES string of the molecule is Cc1nc(CNS(=O)(=O)c2ccc(O)c(N)c2)no1. The second-order valence-electron chi connectivity index (χ2n) is 3.77. The summed E-state index contributed by atoms with van der Waals surface area (Å²) in [6.07, 6.45) is 0. The first-order valence-electron chi connectivity index (χ1n) is 5.26. The second kappa shape index (κ2) is 4.86. The predicted molar refractivity (Wildman–Crippen MR) is 65.6 cm³/mol. The summed E-state index contributed by atoms with van der Waals surface area (Å²) in [5.74, 6) is 0.406.